The van der Waals surface area contributed by atoms with Crippen molar-refractivity contribution in [1.82, 2.24) is 9.78 Å². The van der Waals surface area contributed by atoms with E-state index < -0.39 is 10.8 Å². The van der Waals surface area contributed by atoms with Crippen molar-refractivity contribution in [1.29, 1.82) is 0 Å². The molecule has 1 aliphatic carbocycles. The summed E-state index contributed by atoms with van der Waals surface area (Å²) in [5.41, 5.74) is 2.25. The molecule has 0 radical (unpaired) electrons. The molecule has 1 saturated carbocycles. The largest absolute Gasteiger partial charge is 0.310 e. The Kier molecular flexibility index (Phi) is 3.11. The Balaban J connectivity index is 1.77. The third-order valence-corrected chi connectivity index (χ3v) is 5.14. The van der Waals surface area contributed by atoms with Gasteiger partial charge in [0.25, 0.3) is 0 Å². The maximum absolute atomic E-state index is 13.1. The topological polar surface area (TPSA) is 64.0 Å². The van der Waals surface area contributed by atoms with E-state index in [1.807, 2.05) is 0 Å². The van der Waals surface area contributed by atoms with Gasteiger partial charge < -0.3 is 5.32 Å². The van der Waals surface area contributed by atoms with Crippen LogP contribution in [0.4, 0.5) is 10.2 Å². The van der Waals surface area contributed by atoms with E-state index in [4.69, 9.17) is 0 Å². The Hall–Kier alpha value is -2.02. The fraction of sp³-hybridized carbons (Fsp3) is 0.333. The van der Waals surface area contributed by atoms with Crippen LogP contribution in [-0.2, 0) is 27.1 Å². The molecule has 4 rings (SSSR count). The fourth-order valence-corrected chi connectivity index (χ4v) is 3.85. The quantitative estimate of drug-likeness (QED) is 0.942. The van der Waals surface area contributed by atoms with Gasteiger partial charge in [0.2, 0.25) is 5.91 Å². The molecule has 22 heavy (non-hydrogen) atoms. The third-order valence-electron chi connectivity index (χ3n) is 3.93. The molecule has 0 saturated heterocycles. The first-order chi connectivity index (χ1) is 10.6. The minimum absolute atomic E-state index is 0.0243. The van der Waals surface area contributed by atoms with E-state index in [1.54, 1.807) is 16.8 Å². The summed E-state index contributed by atoms with van der Waals surface area (Å²) >= 11 is 0. The van der Waals surface area contributed by atoms with Crippen molar-refractivity contribution in [2.24, 2.45) is 5.92 Å². The van der Waals surface area contributed by atoms with Crippen LogP contribution in [0.3, 0.4) is 0 Å². The number of aromatic nitrogens is 2. The van der Waals surface area contributed by atoms with Gasteiger partial charge in [-0.15, -0.1) is 0 Å². The summed E-state index contributed by atoms with van der Waals surface area (Å²) in [4.78, 5) is 12.1. The van der Waals surface area contributed by atoms with Crippen LogP contribution in [0.15, 0.2) is 24.3 Å². The summed E-state index contributed by atoms with van der Waals surface area (Å²) in [5.74, 6) is 1.09. The molecule has 2 heterocycles. The van der Waals surface area contributed by atoms with Crippen molar-refractivity contribution in [3.8, 4) is 5.69 Å². The van der Waals surface area contributed by atoms with Gasteiger partial charge in [-0.1, -0.05) is 0 Å². The zero-order valence-electron chi connectivity index (χ0n) is 11.7. The van der Waals surface area contributed by atoms with Crippen molar-refractivity contribution < 1.29 is 13.4 Å². The number of nitrogens with zero attached hydrogens (tertiary/aromatic N) is 2. The summed E-state index contributed by atoms with van der Waals surface area (Å²) in [6.07, 6.45) is 1.81. The highest BCUT2D eigenvalue weighted by Crippen LogP contribution is 2.34. The Morgan fingerprint density at radius 3 is 2.68 bits per heavy atom. The molecule has 1 N–H and O–H groups in total. The number of hydrogen-bond acceptors (Lipinski definition) is 3. The first-order valence-electron chi connectivity index (χ1n) is 7.14. The van der Waals surface area contributed by atoms with E-state index >= 15 is 0 Å². The highest BCUT2D eigenvalue weighted by molar-refractivity contribution is 7.83. The minimum atomic E-state index is -0.964. The number of rotatable bonds is 3. The molecule has 1 aromatic carbocycles. The monoisotopic (exact) mass is 319 g/mol. The number of carbonyl (C=O) groups is 1. The Morgan fingerprint density at radius 1 is 1.27 bits per heavy atom. The van der Waals surface area contributed by atoms with Crippen molar-refractivity contribution in [2.45, 2.75) is 24.3 Å². The zero-order valence-corrected chi connectivity index (χ0v) is 12.5. The summed E-state index contributed by atoms with van der Waals surface area (Å²) in [6.45, 7) is 0. The number of nitrogens with one attached hydrogen (secondary N) is 1. The summed E-state index contributed by atoms with van der Waals surface area (Å²) in [5, 5.41) is 7.38. The van der Waals surface area contributed by atoms with Crippen LogP contribution in [0.1, 0.15) is 24.1 Å². The molecule has 2 aromatic rings. The lowest BCUT2D eigenvalue weighted by Crippen LogP contribution is -2.17. The smallest absolute Gasteiger partial charge is 0.228 e. The summed E-state index contributed by atoms with van der Waals surface area (Å²) in [6, 6.07) is 5.93. The second-order valence-electron chi connectivity index (χ2n) is 5.65. The van der Waals surface area contributed by atoms with Crippen molar-refractivity contribution in [3.63, 3.8) is 0 Å². The molecular weight excluding hydrogens is 305 g/mol. The van der Waals surface area contributed by atoms with E-state index in [0.29, 0.717) is 23.0 Å². The van der Waals surface area contributed by atoms with Gasteiger partial charge in [-0.2, -0.15) is 5.10 Å². The van der Waals surface area contributed by atoms with E-state index in [1.165, 1.54) is 12.1 Å². The van der Waals surface area contributed by atoms with E-state index in [9.17, 15) is 13.4 Å². The molecule has 114 valence electrons. The molecule has 1 aliphatic heterocycles. The molecule has 0 bridgehead atoms. The van der Waals surface area contributed by atoms with Gasteiger partial charge in [-0.25, -0.2) is 9.07 Å². The number of anilines is 1. The van der Waals surface area contributed by atoms with Gasteiger partial charge in [-0.05, 0) is 37.1 Å². The Labute approximate surface area is 129 Å². The fourth-order valence-electron chi connectivity index (χ4n) is 2.59. The Bertz CT molecular complexity index is 781. The number of halogens is 1. The normalized spacial score (nSPS) is 20.0. The number of amides is 1. The van der Waals surface area contributed by atoms with Gasteiger partial charge in [-0.3, -0.25) is 9.00 Å². The van der Waals surface area contributed by atoms with Gasteiger partial charge in [0.15, 0.2) is 0 Å². The average Bonchev–Trinajstić information content (AvgIpc) is 3.21. The third kappa shape index (κ3) is 2.35. The highest BCUT2D eigenvalue weighted by Gasteiger charge is 2.33. The van der Waals surface area contributed by atoms with E-state index in [0.717, 1.165) is 24.1 Å². The van der Waals surface area contributed by atoms with Crippen LogP contribution in [0.5, 0.6) is 0 Å². The number of carbonyl (C=O) groups excluding carboxylic acids is 1. The summed E-state index contributed by atoms with van der Waals surface area (Å²) < 4.78 is 26.4. The molecule has 1 amide bonds. The standard InChI is InChI=1S/C15H14FN3O2S/c16-10-3-5-11(6-4-10)19-14(17-15(20)9-1-2-9)12-7-22(21)8-13(12)18-19/h3-6,9H,1-2,7-8H2,(H,17,20). The lowest BCUT2D eigenvalue weighted by molar-refractivity contribution is -0.117. The zero-order chi connectivity index (χ0) is 15.3. The molecule has 0 spiro atoms. The van der Waals surface area contributed by atoms with Crippen molar-refractivity contribution in [3.05, 3.63) is 41.3 Å². The molecule has 1 fully saturated rings. The second kappa shape index (κ2) is 5.01. The van der Waals surface area contributed by atoms with Crippen LogP contribution in [0.25, 0.3) is 5.69 Å². The maximum atomic E-state index is 13.1. The van der Waals surface area contributed by atoms with E-state index in [2.05, 4.69) is 10.4 Å². The average molecular weight is 319 g/mol. The van der Waals surface area contributed by atoms with E-state index in [-0.39, 0.29) is 17.6 Å². The Morgan fingerprint density at radius 2 is 2.00 bits per heavy atom. The van der Waals surface area contributed by atoms with Crippen LogP contribution in [0.2, 0.25) is 0 Å². The first kappa shape index (κ1) is 13.6. The molecular formula is C15H14FN3O2S. The first-order valence-corrected chi connectivity index (χ1v) is 8.63. The summed E-state index contributed by atoms with van der Waals surface area (Å²) in [7, 11) is -0.964. The van der Waals surface area contributed by atoms with Crippen molar-refractivity contribution in [2.75, 3.05) is 5.32 Å². The second-order valence-corrected chi connectivity index (χ2v) is 7.11. The molecule has 2 aliphatic rings. The van der Waals surface area contributed by atoms with Crippen LogP contribution in [0, 0.1) is 11.7 Å². The van der Waals surface area contributed by atoms with Gasteiger partial charge in [0, 0.05) is 22.3 Å². The lowest BCUT2D eigenvalue weighted by atomic mass is 10.2. The maximum Gasteiger partial charge on any atom is 0.228 e. The van der Waals surface area contributed by atoms with Gasteiger partial charge in [0.1, 0.15) is 11.6 Å². The number of hydrogen-bond donors (Lipinski definition) is 1. The minimum Gasteiger partial charge on any atom is -0.310 e. The van der Waals surface area contributed by atoms with Crippen molar-refractivity contribution >= 4 is 22.5 Å². The predicted octanol–water partition coefficient (Wildman–Crippen LogP) is 2.12. The molecule has 1 atom stereocenters. The van der Waals surface area contributed by atoms with Gasteiger partial charge in [0.05, 0.1) is 22.9 Å². The van der Waals surface area contributed by atoms with Crippen LogP contribution in [-0.4, -0.2) is 19.9 Å². The SMILES string of the molecule is O=C(Nc1c2c(nn1-c1ccc(F)cc1)CS(=O)C2)C1CC1. The number of benzene rings is 1. The molecule has 1 unspecified atom stereocenters. The molecule has 7 heteroatoms. The lowest BCUT2D eigenvalue weighted by Gasteiger charge is -2.10. The van der Waals surface area contributed by atoms with Crippen LogP contribution < -0.4 is 5.32 Å². The molecule has 5 nitrogen and oxygen atoms in total. The number of fused-ring (bicyclic) bond motifs is 1. The highest BCUT2D eigenvalue weighted by atomic mass is 32.2. The predicted molar refractivity (Wildman–Crippen MR) is 80.4 cm³/mol. The van der Waals surface area contributed by atoms with Crippen LogP contribution >= 0.6 is 0 Å². The molecule has 1 aromatic heterocycles. The van der Waals surface area contributed by atoms with Gasteiger partial charge >= 0.3 is 0 Å².